The van der Waals surface area contributed by atoms with Crippen LogP contribution in [0.25, 0.3) is 0 Å². The molecule has 1 unspecified atom stereocenters. The number of hydrogen-bond donors (Lipinski definition) is 1. The number of rotatable bonds is 2. The van der Waals surface area contributed by atoms with Crippen LogP contribution in [-0.2, 0) is 13.0 Å². The molecule has 0 spiro atoms. The highest BCUT2D eigenvalue weighted by Gasteiger charge is 2.29. The number of urea groups is 1. The van der Waals surface area contributed by atoms with E-state index in [9.17, 15) is 9.18 Å². The van der Waals surface area contributed by atoms with Gasteiger partial charge in [-0.15, -0.1) is 10.2 Å². The molecule has 144 valence electrons. The number of hydrogen-bond acceptors (Lipinski definition) is 3. The van der Waals surface area contributed by atoms with Crippen LogP contribution in [0.2, 0.25) is 0 Å². The normalized spacial score (nSPS) is 20.1. The number of fused-ring (bicyclic) bond motifs is 1. The Morgan fingerprint density at radius 3 is 2.93 bits per heavy atom. The smallest absolute Gasteiger partial charge is 0.321 e. The molecule has 0 aliphatic carbocycles. The summed E-state index contributed by atoms with van der Waals surface area (Å²) in [5.41, 5.74) is 0.569. The second-order valence-electron chi connectivity index (χ2n) is 7.28. The number of amides is 2. The van der Waals surface area contributed by atoms with E-state index in [4.69, 9.17) is 0 Å². The highest BCUT2D eigenvalue weighted by atomic mass is 79.9. The Morgan fingerprint density at radius 1 is 1.19 bits per heavy atom. The number of carbonyl (C=O) groups excluding carboxylic acids is 1. The first kappa shape index (κ1) is 18.4. The molecule has 8 heteroatoms. The van der Waals surface area contributed by atoms with Crippen LogP contribution in [-0.4, -0.2) is 38.8 Å². The van der Waals surface area contributed by atoms with Crippen molar-refractivity contribution in [1.82, 2.24) is 19.7 Å². The largest absolute Gasteiger partial charge is 0.324 e. The molecule has 2 aliphatic heterocycles. The average molecular weight is 436 g/mol. The van der Waals surface area contributed by atoms with Crippen LogP contribution in [0.5, 0.6) is 0 Å². The molecule has 1 saturated heterocycles. The van der Waals surface area contributed by atoms with E-state index in [2.05, 4.69) is 36.0 Å². The van der Waals surface area contributed by atoms with Crippen LogP contribution in [0.1, 0.15) is 49.7 Å². The number of carbonyl (C=O) groups is 1. The fourth-order valence-corrected chi connectivity index (χ4v) is 4.42. The fourth-order valence-electron chi connectivity index (χ4n) is 3.97. The lowest BCUT2D eigenvalue weighted by Crippen LogP contribution is -2.42. The van der Waals surface area contributed by atoms with Crippen molar-refractivity contribution in [3.63, 3.8) is 0 Å². The zero-order valence-electron chi connectivity index (χ0n) is 15.1. The topological polar surface area (TPSA) is 63.1 Å². The minimum atomic E-state index is -0.342. The lowest BCUT2D eigenvalue weighted by Gasteiger charge is -2.32. The number of halogens is 2. The first-order valence-electron chi connectivity index (χ1n) is 9.55. The van der Waals surface area contributed by atoms with Gasteiger partial charge < -0.3 is 14.8 Å². The molecule has 1 fully saturated rings. The maximum absolute atomic E-state index is 13.2. The van der Waals surface area contributed by atoms with E-state index in [0.717, 1.165) is 43.9 Å². The van der Waals surface area contributed by atoms with Crippen LogP contribution in [0.15, 0.2) is 22.7 Å². The van der Waals surface area contributed by atoms with Gasteiger partial charge in [0.15, 0.2) is 0 Å². The van der Waals surface area contributed by atoms with Gasteiger partial charge in [-0.3, -0.25) is 0 Å². The van der Waals surface area contributed by atoms with E-state index in [0.29, 0.717) is 23.2 Å². The molecular formula is C19H23BrFN5O. The third-order valence-corrected chi connectivity index (χ3v) is 6.04. The van der Waals surface area contributed by atoms with Crippen molar-refractivity contribution in [3.8, 4) is 0 Å². The summed E-state index contributed by atoms with van der Waals surface area (Å²) in [6, 6.07) is 4.09. The molecule has 0 radical (unpaired) electrons. The summed E-state index contributed by atoms with van der Waals surface area (Å²) in [5, 5.41) is 11.7. The maximum atomic E-state index is 13.2. The van der Waals surface area contributed by atoms with Crippen LogP contribution in [0, 0.1) is 5.82 Å². The van der Waals surface area contributed by atoms with E-state index in [-0.39, 0.29) is 17.8 Å². The molecule has 27 heavy (non-hydrogen) atoms. The van der Waals surface area contributed by atoms with Crippen molar-refractivity contribution in [3.05, 3.63) is 40.1 Å². The molecule has 2 amide bonds. The van der Waals surface area contributed by atoms with Crippen molar-refractivity contribution in [1.29, 1.82) is 0 Å². The van der Waals surface area contributed by atoms with E-state index in [1.54, 1.807) is 6.07 Å². The first-order valence-corrected chi connectivity index (χ1v) is 10.3. The first-order chi connectivity index (χ1) is 13.1. The Hall–Kier alpha value is -1.96. The molecule has 2 aromatic rings. The molecule has 0 bridgehead atoms. The summed E-state index contributed by atoms with van der Waals surface area (Å²) in [6.45, 7) is 2.31. The molecule has 4 rings (SSSR count). The number of aryl methyl sites for hydroxylation is 1. The van der Waals surface area contributed by atoms with Crippen molar-refractivity contribution < 1.29 is 9.18 Å². The molecule has 2 aliphatic rings. The van der Waals surface area contributed by atoms with Crippen LogP contribution < -0.4 is 5.32 Å². The van der Waals surface area contributed by atoms with Crippen molar-refractivity contribution in [2.45, 2.75) is 51.0 Å². The molecule has 1 atom stereocenters. The second kappa shape index (κ2) is 7.96. The van der Waals surface area contributed by atoms with Crippen molar-refractivity contribution >= 4 is 27.6 Å². The zero-order chi connectivity index (χ0) is 18.8. The summed E-state index contributed by atoms with van der Waals surface area (Å²) < 4.78 is 16.1. The maximum Gasteiger partial charge on any atom is 0.321 e. The van der Waals surface area contributed by atoms with E-state index < -0.39 is 0 Å². The number of nitrogens with zero attached hydrogens (tertiary/aromatic N) is 4. The molecule has 6 nitrogen and oxygen atoms in total. The standard InChI is InChI=1S/C19H23BrFN5O/c20-15-11-14(21)7-8-16(15)22-19(27)25-9-4-5-13(12-25)18-24-23-17-6-2-1-3-10-26(17)18/h7-8,11,13H,1-6,9-10,12H2,(H,22,27). The monoisotopic (exact) mass is 435 g/mol. The van der Waals surface area contributed by atoms with Gasteiger partial charge in [0, 0.05) is 36.4 Å². The Balaban J connectivity index is 1.46. The molecule has 1 aromatic heterocycles. The summed E-state index contributed by atoms with van der Waals surface area (Å²) in [6.07, 6.45) is 6.50. The fraction of sp³-hybridized carbons (Fsp3) is 0.526. The van der Waals surface area contributed by atoms with Crippen LogP contribution in [0.3, 0.4) is 0 Å². The van der Waals surface area contributed by atoms with Gasteiger partial charge >= 0.3 is 6.03 Å². The predicted octanol–water partition coefficient (Wildman–Crippen LogP) is 4.32. The SMILES string of the molecule is O=C(Nc1ccc(F)cc1Br)N1CCCC(c2nnc3n2CCCCC3)C1. The van der Waals surface area contributed by atoms with Crippen LogP contribution in [0.4, 0.5) is 14.9 Å². The highest BCUT2D eigenvalue weighted by molar-refractivity contribution is 9.10. The van der Waals surface area contributed by atoms with E-state index >= 15 is 0 Å². The lowest BCUT2D eigenvalue weighted by atomic mass is 9.97. The number of nitrogens with one attached hydrogen (secondary N) is 1. The van der Waals surface area contributed by atoms with Gasteiger partial charge in [-0.2, -0.15) is 0 Å². The molecule has 1 aromatic carbocycles. The van der Waals surface area contributed by atoms with Crippen molar-refractivity contribution in [2.24, 2.45) is 0 Å². The van der Waals surface area contributed by atoms with Gasteiger partial charge in [-0.05, 0) is 59.8 Å². The van der Waals surface area contributed by atoms with E-state index in [1.807, 2.05) is 4.90 Å². The van der Waals surface area contributed by atoms with Gasteiger partial charge in [-0.1, -0.05) is 6.42 Å². The Bertz CT molecular complexity index is 840. The summed E-state index contributed by atoms with van der Waals surface area (Å²) >= 11 is 3.30. The predicted molar refractivity (Wildman–Crippen MR) is 104 cm³/mol. The van der Waals surface area contributed by atoms with Gasteiger partial charge in [-0.25, -0.2) is 9.18 Å². The molecular weight excluding hydrogens is 413 g/mol. The Morgan fingerprint density at radius 2 is 2.07 bits per heavy atom. The summed E-state index contributed by atoms with van der Waals surface area (Å²) in [7, 11) is 0. The molecule has 3 heterocycles. The van der Waals surface area contributed by atoms with Gasteiger partial charge in [0.2, 0.25) is 0 Å². The third-order valence-electron chi connectivity index (χ3n) is 5.38. The number of aromatic nitrogens is 3. The number of benzene rings is 1. The third kappa shape index (κ3) is 4.00. The second-order valence-corrected chi connectivity index (χ2v) is 8.13. The minimum absolute atomic E-state index is 0.164. The lowest BCUT2D eigenvalue weighted by molar-refractivity contribution is 0.190. The van der Waals surface area contributed by atoms with Crippen LogP contribution >= 0.6 is 15.9 Å². The Kier molecular flexibility index (Phi) is 5.43. The van der Waals surface area contributed by atoms with E-state index in [1.165, 1.54) is 25.0 Å². The molecule has 0 saturated carbocycles. The van der Waals surface area contributed by atoms with Crippen molar-refractivity contribution in [2.75, 3.05) is 18.4 Å². The van der Waals surface area contributed by atoms with Gasteiger partial charge in [0.05, 0.1) is 5.69 Å². The minimum Gasteiger partial charge on any atom is -0.324 e. The Labute approximate surface area is 166 Å². The molecule has 1 N–H and O–H groups in total. The number of piperidine rings is 1. The average Bonchev–Trinajstić information content (AvgIpc) is 2.92. The highest BCUT2D eigenvalue weighted by Crippen LogP contribution is 2.29. The van der Waals surface area contributed by atoms with Gasteiger partial charge in [0.1, 0.15) is 17.5 Å². The zero-order valence-corrected chi connectivity index (χ0v) is 16.7. The van der Waals surface area contributed by atoms with Gasteiger partial charge in [0.25, 0.3) is 0 Å². The summed E-state index contributed by atoms with van der Waals surface area (Å²) in [4.78, 5) is 14.5. The number of anilines is 1. The summed E-state index contributed by atoms with van der Waals surface area (Å²) in [5.74, 6) is 1.97. The number of likely N-dealkylation sites (tertiary alicyclic amines) is 1. The quantitative estimate of drug-likeness (QED) is 0.763.